The van der Waals surface area contributed by atoms with Gasteiger partial charge in [0, 0.05) is 43.4 Å². The lowest BCUT2D eigenvalue weighted by Crippen LogP contribution is -2.54. The van der Waals surface area contributed by atoms with Crippen LogP contribution >= 0.6 is 11.3 Å². The van der Waals surface area contributed by atoms with Crippen LogP contribution in [0.1, 0.15) is 56.1 Å². The summed E-state index contributed by atoms with van der Waals surface area (Å²) in [4.78, 5) is 47.5. The van der Waals surface area contributed by atoms with Gasteiger partial charge in [0.05, 0.1) is 18.1 Å². The first-order chi connectivity index (χ1) is 16.8. The summed E-state index contributed by atoms with van der Waals surface area (Å²) in [5.74, 6) is -0.817. The van der Waals surface area contributed by atoms with Gasteiger partial charge in [0.25, 0.3) is 5.91 Å². The lowest BCUT2D eigenvalue weighted by Gasteiger charge is -2.37. The molecule has 5 rings (SSSR count). The van der Waals surface area contributed by atoms with E-state index in [9.17, 15) is 19.5 Å². The summed E-state index contributed by atoms with van der Waals surface area (Å²) in [5.41, 5.74) is 3.94. The Balaban J connectivity index is 1.33. The van der Waals surface area contributed by atoms with E-state index in [0.717, 1.165) is 24.0 Å². The van der Waals surface area contributed by atoms with Crippen LogP contribution in [0, 0.1) is 6.92 Å². The van der Waals surface area contributed by atoms with E-state index < -0.39 is 18.2 Å². The number of benzene rings is 1. The molecule has 1 aromatic heterocycles. The van der Waals surface area contributed by atoms with Gasteiger partial charge in [-0.25, -0.2) is 4.99 Å². The molecule has 8 heteroatoms. The van der Waals surface area contributed by atoms with Gasteiger partial charge in [-0.2, -0.15) is 0 Å². The van der Waals surface area contributed by atoms with E-state index in [-0.39, 0.29) is 30.2 Å². The minimum Gasteiger partial charge on any atom is -0.391 e. The Morgan fingerprint density at radius 1 is 1.11 bits per heavy atom. The number of amides is 3. The van der Waals surface area contributed by atoms with E-state index in [4.69, 9.17) is 0 Å². The number of aliphatic imine (C=N–C) groups is 1. The van der Waals surface area contributed by atoms with Crippen molar-refractivity contribution < 1.29 is 19.5 Å². The third kappa shape index (κ3) is 4.57. The second kappa shape index (κ2) is 9.66. The summed E-state index contributed by atoms with van der Waals surface area (Å²) in [6.45, 7) is 4.37. The maximum atomic E-state index is 13.5. The highest BCUT2D eigenvalue weighted by molar-refractivity contribution is 7.13. The van der Waals surface area contributed by atoms with Crippen molar-refractivity contribution in [3.63, 3.8) is 0 Å². The molecule has 0 bridgehead atoms. The Morgan fingerprint density at radius 2 is 1.89 bits per heavy atom. The van der Waals surface area contributed by atoms with Crippen LogP contribution in [0.25, 0.3) is 10.4 Å². The second-order valence-electron chi connectivity index (χ2n) is 9.87. The molecular weight excluding hydrogens is 462 g/mol. The van der Waals surface area contributed by atoms with Crippen LogP contribution in [0.15, 0.2) is 40.7 Å². The fraction of sp³-hybridized carbons (Fsp3) is 0.481. The average Bonchev–Trinajstić information content (AvgIpc) is 3.56. The van der Waals surface area contributed by atoms with E-state index in [1.165, 1.54) is 17.4 Å². The van der Waals surface area contributed by atoms with Gasteiger partial charge in [-0.05, 0) is 54.3 Å². The van der Waals surface area contributed by atoms with Gasteiger partial charge in [0.15, 0.2) is 0 Å². The first-order valence-electron chi connectivity index (χ1n) is 12.3. The van der Waals surface area contributed by atoms with Gasteiger partial charge in [-0.15, -0.1) is 11.3 Å². The minimum atomic E-state index is -0.663. The van der Waals surface area contributed by atoms with Crippen molar-refractivity contribution in [2.75, 3.05) is 13.1 Å². The largest absolute Gasteiger partial charge is 0.391 e. The highest BCUT2D eigenvalue weighted by atomic mass is 32.1. The molecule has 184 valence electrons. The monoisotopic (exact) mass is 493 g/mol. The smallest absolute Gasteiger partial charge is 0.253 e. The Kier molecular flexibility index (Phi) is 6.59. The van der Waals surface area contributed by atoms with Crippen LogP contribution in [0.4, 0.5) is 0 Å². The molecule has 7 nitrogen and oxygen atoms in total. The number of carbonyl (C=O) groups is 3. The van der Waals surface area contributed by atoms with Gasteiger partial charge in [0.2, 0.25) is 11.8 Å². The lowest BCUT2D eigenvalue weighted by atomic mass is 9.91. The number of hydrogen-bond acceptors (Lipinski definition) is 5. The molecule has 35 heavy (non-hydrogen) atoms. The molecule has 3 amide bonds. The van der Waals surface area contributed by atoms with Crippen molar-refractivity contribution >= 4 is 34.8 Å². The molecule has 3 aliphatic rings. The van der Waals surface area contributed by atoms with Crippen LogP contribution < -0.4 is 0 Å². The molecule has 4 unspecified atom stereocenters. The Bertz CT molecular complexity index is 1170. The van der Waals surface area contributed by atoms with Gasteiger partial charge >= 0.3 is 0 Å². The summed E-state index contributed by atoms with van der Waals surface area (Å²) in [7, 11) is 0. The number of aryl methyl sites for hydroxylation is 1. The molecule has 0 spiro atoms. The van der Waals surface area contributed by atoms with E-state index in [1.54, 1.807) is 21.1 Å². The maximum Gasteiger partial charge on any atom is 0.253 e. The van der Waals surface area contributed by atoms with Gasteiger partial charge in [-0.1, -0.05) is 24.3 Å². The number of likely N-dealkylation sites (tertiary alicyclic amines) is 2. The highest BCUT2D eigenvalue weighted by Crippen LogP contribution is 2.35. The molecule has 4 heterocycles. The predicted molar refractivity (Wildman–Crippen MR) is 135 cm³/mol. The predicted octanol–water partition coefficient (Wildman–Crippen LogP) is 3.54. The summed E-state index contributed by atoms with van der Waals surface area (Å²) in [6.07, 6.45) is 2.56. The normalized spacial score (nSPS) is 26.8. The van der Waals surface area contributed by atoms with Crippen molar-refractivity contribution in [3.05, 3.63) is 46.8 Å². The van der Waals surface area contributed by atoms with E-state index in [1.807, 2.05) is 24.3 Å². The van der Waals surface area contributed by atoms with E-state index in [0.29, 0.717) is 31.5 Å². The topological polar surface area (TPSA) is 90.3 Å². The molecule has 0 radical (unpaired) electrons. The molecule has 0 aliphatic carbocycles. The SMILES string of the molecule is CC(=O)N1CCCCC1C(=O)N1CC(O)CC1C1=NC(=O)C(c2ccc(-c3sccc3C)cc2)C1. The average molecular weight is 494 g/mol. The Labute approximate surface area is 209 Å². The van der Waals surface area contributed by atoms with Crippen molar-refractivity contribution in [2.45, 2.75) is 70.1 Å². The number of aliphatic hydroxyl groups excluding tert-OH is 1. The van der Waals surface area contributed by atoms with Crippen LogP contribution in [-0.2, 0) is 14.4 Å². The number of β-amino-alcohol motifs (C(OH)–C–C–N with tert-alkyl or cyclic N) is 1. The molecule has 2 aromatic rings. The standard InChI is InChI=1S/C27H31N3O4S/c1-16-10-12-35-25(16)19-8-6-18(7-9-19)21-14-22(28-26(21)33)24-13-20(32)15-30(24)27(34)23-5-3-4-11-29(23)17(2)31/h6-10,12,20-21,23-24,32H,3-5,11,13-15H2,1-2H3. The number of aliphatic hydroxyl groups is 1. The van der Waals surface area contributed by atoms with Crippen molar-refractivity contribution in [3.8, 4) is 10.4 Å². The van der Waals surface area contributed by atoms with Crippen LogP contribution in [0.3, 0.4) is 0 Å². The van der Waals surface area contributed by atoms with Crippen LogP contribution in [0.2, 0.25) is 0 Å². The molecule has 2 saturated heterocycles. The van der Waals surface area contributed by atoms with Crippen LogP contribution in [0.5, 0.6) is 0 Å². The molecule has 0 saturated carbocycles. The third-order valence-corrected chi connectivity index (χ3v) is 8.61. The van der Waals surface area contributed by atoms with Gasteiger partial charge in [-0.3, -0.25) is 14.4 Å². The lowest BCUT2D eigenvalue weighted by molar-refractivity contribution is -0.146. The summed E-state index contributed by atoms with van der Waals surface area (Å²) in [6, 6.07) is 9.28. The molecule has 2 fully saturated rings. The van der Waals surface area contributed by atoms with Gasteiger partial charge < -0.3 is 14.9 Å². The number of piperidine rings is 1. The maximum absolute atomic E-state index is 13.5. The third-order valence-electron chi connectivity index (χ3n) is 7.54. The number of rotatable bonds is 4. The highest BCUT2D eigenvalue weighted by Gasteiger charge is 2.44. The zero-order chi connectivity index (χ0) is 24.7. The second-order valence-corrected chi connectivity index (χ2v) is 10.8. The summed E-state index contributed by atoms with van der Waals surface area (Å²) < 4.78 is 0. The number of nitrogens with zero attached hydrogens (tertiary/aromatic N) is 3. The fourth-order valence-electron chi connectivity index (χ4n) is 5.70. The van der Waals surface area contributed by atoms with Gasteiger partial charge in [0.1, 0.15) is 6.04 Å². The molecular formula is C27H31N3O4S. The Morgan fingerprint density at radius 3 is 2.57 bits per heavy atom. The van der Waals surface area contributed by atoms with Crippen molar-refractivity contribution in [2.24, 2.45) is 4.99 Å². The minimum absolute atomic E-state index is 0.103. The first kappa shape index (κ1) is 23.9. The molecule has 4 atom stereocenters. The van der Waals surface area contributed by atoms with Crippen molar-refractivity contribution in [1.29, 1.82) is 0 Å². The molecule has 3 aliphatic heterocycles. The van der Waals surface area contributed by atoms with E-state index in [2.05, 4.69) is 23.4 Å². The zero-order valence-electron chi connectivity index (χ0n) is 20.1. The fourth-order valence-corrected chi connectivity index (χ4v) is 6.63. The number of carbonyl (C=O) groups excluding carboxylic acids is 3. The van der Waals surface area contributed by atoms with Crippen LogP contribution in [-0.4, -0.2) is 69.6 Å². The Hall–Kier alpha value is -2.84. The molecule has 1 aromatic carbocycles. The summed E-state index contributed by atoms with van der Waals surface area (Å²) in [5, 5.41) is 12.5. The quantitative estimate of drug-likeness (QED) is 0.706. The number of hydrogen-bond donors (Lipinski definition) is 1. The molecule has 1 N–H and O–H groups in total. The summed E-state index contributed by atoms with van der Waals surface area (Å²) >= 11 is 1.70. The number of thiophene rings is 1. The first-order valence-corrected chi connectivity index (χ1v) is 13.2. The zero-order valence-corrected chi connectivity index (χ0v) is 21.0. The van der Waals surface area contributed by atoms with E-state index >= 15 is 0 Å². The van der Waals surface area contributed by atoms with Crippen molar-refractivity contribution in [1.82, 2.24) is 9.80 Å².